The Kier molecular flexibility index (Phi) is 4.67. The van der Waals surface area contributed by atoms with Crippen molar-refractivity contribution in [2.75, 3.05) is 0 Å². The lowest BCUT2D eigenvalue weighted by atomic mass is 9.88. The second kappa shape index (κ2) is 6.04. The topological polar surface area (TPSA) is 63.6 Å². The first-order valence-corrected chi connectivity index (χ1v) is 8.08. The van der Waals surface area contributed by atoms with Crippen molar-refractivity contribution in [3.63, 3.8) is 0 Å². The highest BCUT2D eigenvalue weighted by molar-refractivity contribution is 7.85. The van der Waals surface area contributed by atoms with Crippen molar-refractivity contribution in [3.05, 3.63) is 23.3 Å². The summed E-state index contributed by atoms with van der Waals surface area (Å²) in [5.74, 6) is -9.76. The average Bonchev–Trinajstić information content (AvgIpc) is 2.42. The molecule has 4 nitrogen and oxygen atoms in total. The third kappa shape index (κ3) is 3.05. The first kappa shape index (κ1) is 17.0. The molecular weight excluding hydrogens is 328 g/mol. The van der Waals surface area contributed by atoms with Crippen LogP contribution in [0.25, 0.3) is 0 Å². The van der Waals surface area contributed by atoms with E-state index in [4.69, 9.17) is 9.29 Å². The Morgan fingerprint density at radius 2 is 1.50 bits per heavy atom. The lowest BCUT2D eigenvalue weighted by Crippen LogP contribution is -2.29. The Balaban J connectivity index is 2.50. The minimum atomic E-state index is -5.46. The summed E-state index contributed by atoms with van der Waals surface area (Å²) in [7, 11) is -5.46. The number of benzene rings is 1. The highest BCUT2D eigenvalue weighted by Crippen LogP contribution is 2.35. The smallest absolute Gasteiger partial charge is 0.300 e. The van der Waals surface area contributed by atoms with Gasteiger partial charge in [0, 0.05) is 0 Å². The quantitative estimate of drug-likeness (QED) is 0.519. The molecule has 0 bridgehead atoms. The maximum Gasteiger partial charge on any atom is 0.300 e. The Labute approximate surface area is 124 Å². The van der Waals surface area contributed by atoms with Gasteiger partial charge in [-0.3, -0.25) is 4.55 Å². The molecule has 124 valence electrons. The van der Waals surface area contributed by atoms with Crippen LogP contribution >= 0.6 is 0 Å². The summed E-state index contributed by atoms with van der Waals surface area (Å²) in [5.41, 5.74) is 0. The van der Waals surface area contributed by atoms with Gasteiger partial charge < -0.3 is 4.74 Å². The van der Waals surface area contributed by atoms with Crippen LogP contribution in [0.15, 0.2) is 4.90 Å². The van der Waals surface area contributed by atoms with Gasteiger partial charge in [0.2, 0.25) is 11.6 Å². The third-order valence-electron chi connectivity index (χ3n) is 3.74. The molecule has 1 aromatic rings. The Hall–Kier alpha value is -1.35. The fourth-order valence-electron chi connectivity index (χ4n) is 2.53. The van der Waals surface area contributed by atoms with Gasteiger partial charge >= 0.3 is 10.1 Å². The van der Waals surface area contributed by atoms with Crippen molar-refractivity contribution in [1.29, 1.82) is 0 Å². The molecule has 0 saturated heterocycles. The second-order valence-electron chi connectivity index (χ2n) is 5.31. The summed E-state index contributed by atoms with van der Waals surface area (Å²) < 4.78 is 90.4. The zero-order chi connectivity index (χ0) is 16.7. The van der Waals surface area contributed by atoms with Crippen LogP contribution in [-0.2, 0) is 10.1 Å². The zero-order valence-corrected chi connectivity index (χ0v) is 12.4. The van der Waals surface area contributed by atoms with Gasteiger partial charge in [-0.1, -0.05) is 13.3 Å². The van der Waals surface area contributed by atoms with Gasteiger partial charge in [-0.15, -0.1) is 0 Å². The van der Waals surface area contributed by atoms with Gasteiger partial charge in [-0.05, 0) is 25.2 Å². The summed E-state index contributed by atoms with van der Waals surface area (Å²) in [6.07, 6.45) is 2.22. The van der Waals surface area contributed by atoms with E-state index in [-0.39, 0.29) is 5.92 Å². The van der Waals surface area contributed by atoms with E-state index in [0.29, 0.717) is 6.42 Å². The fraction of sp³-hybridized carbons (Fsp3) is 0.538. The third-order valence-corrected chi connectivity index (χ3v) is 4.62. The predicted octanol–water partition coefficient (Wildman–Crippen LogP) is 3.45. The fourth-order valence-corrected chi connectivity index (χ4v) is 3.16. The van der Waals surface area contributed by atoms with Gasteiger partial charge in [-0.25, -0.2) is 8.78 Å². The molecular formula is C13H14F4O4S. The Bertz CT molecular complexity index is 661. The standard InChI is InChI=1S/C13H14F4O4S/c1-6-4-2-3-5-7(6)21-12-8(14)10(16)13(22(18,19)20)11(17)9(12)15/h6-7H,2-5H2,1H3,(H,18,19,20)/t6-,7?/m0/s1. The molecule has 2 rings (SSSR count). The molecule has 1 aliphatic carbocycles. The maximum absolute atomic E-state index is 13.8. The second-order valence-corrected chi connectivity index (χ2v) is 6.67. The number of ether oxygens (including phenoxy) is 1. The number of halogens is 4. The first-order chi connectivity index (χ1) is 10.1. The molecule has 2 atom stereocenters. The van der Waals surface area contributed by atoms with E-state index < -0.39 is 50.1 Å². The van der Waals surface area contributed by atoms with E-state index in [1.54, 1.807) is 6.92 Å². The van der Waals surface area contributed by atoms with Crippen LogP contribution in [0.3, 0.4) is 0 Å². The van der Waals surface area contributed by atoms with Crippen molar-refractivity contribution in [3.8, 4) is 5.75 Å². The average molecular weight is 342 g/mol. The summed E-state index contributed by atoms with van der Waals surface area (Å²) in [6.45, 7) is 1.78. The molecule has 9 heteroatoms. The predicted molar refractivity (Wildman–Crippen MR) is 68.1 cm³/mol. The van der Waals surface area contributed by atoms with E-state index in [1.807, 2.05) is 0 Å². The SMILES string of the molecule is C[C@H]1CCCCC1Oc1c(F)c(F)c(S(=O)(=O)O)c(F)c1F. The van der Waals surface area contributed by atoms with E-state index in [9.17, 15) is 26.0 Å². The van der Waals surface area contributed by atoms with E-state index in [0.717, 1.165) is 19.3 Å². The van der Waals surface area contributed by atoms with Crippen LogP contribution in [0.2, 0.25) is 0 Å². The largest absolute Gasteiger partial charge is 0.484 e. The van der Waals surface area contributed by atoms with Crippen LogP contribution in [0.4, 0.5) is 17.6 Å². The minimum Gasteiger partial charge on any atom is -0.484 e. The number of hydrogen-bond acceptors (Lipinski definition) is 3. The summed E-state index contributed by atoms with van der Waals surface area (Å²) in [6, 6.07) is 0. The monoisotopic (exact) mass is 342 g/mol. The van der Waals surface area contributed by atoms with Crippen LogP contribution in [0.1, 0.15) is 32.6 Å². The van der Waals surface area contributed by atoms with Gasteiger partial charge in [0.25, 0.3) is 0 Å². The molecule has 0 amide bonds. The van der Waals surface area contributed by atoms with Crippen molar-refractivity contribution in [1.82, 2.24) is 0 Å². The summed E-state index contributed by atoms with van der Waals surface area (Å²) >= 11 is 0. The minimum absolute atomic E-state index is 0.0695. The molecule has 0 spiro atoms. The van der Waals surface area contributed by atoms with Crippen LogP contribution in [0.5, 0.6) is 5.75 Å². The van der Waals surface area contributed by atoms with E-state index >= 15 is 0 Å². The maximum atomic E-state index is 13.8. The lowest BCUT2D eigenvalue weighted by Gasteiger charge is -2.29. The lowest BCUT2D eigenvalue weighted by molar-refractivity contribution is 0.0904. The number of rotatable bonds is 3. The van der Waals surface area contributed by atoms with Crippen molar-refractivity contribution < 1.29 is 35.3 Å². The van der Waals surface area contributed by atoms with Crippen LogP contribution < -0.4 is 4.74 Å². The van der Waals surface area contributed by atoms with Crippen molar-refractivity contribution in [2.24, 2.45) is 5.92 Å². The van der Waals surface area contributed by atoms with Crippen LogP contribution in [0, 0.1) is 29.2 Å². The van der Waals surface area contributed by atoms with Gasteiger partial charge in [0.1, 0.15) is 6.10 Å². The normalized spacial score (nSPS) is 22.6. The molecule has 1 aromatic carbocycles. The molecule has 1 aliphatic rings. The summed E-state index contributed by atoms with van der Waals surface area (Å²) in [4.78, 5) is -2.06. The molecule has 22 heavy (non-hydrogen) atoms. The molecule has 0 radical (unpaired) electrons. The molecule has 0 aliphatic heterocycles. The Morgan fingerprint density at radius 1 is 1.00 bits per heavy atom. The molecule has 1 unspecified atom stereocenters. The van der Waals surface area contributed by atoms with Gasteiger partial charge in [-0.2, -0.15) is 17.2 Å². The zero-order valence-electron chi connectivity index (χ0n) is 11.6. The molecule has 1 saturated carbocycles. The van der Waals surface area contributed by atoms with E-state index in [2.05, 4.69) is 0 Å². The van der Waals surface area contributed by atoms with E-state index in [1.165, 1.54) is 0 Å². The molecule has 0 heterocycles. The Morgan fingerprint density at radius 3 is 1.95 bits per heavy atom. The van der Waals surface area contributed by atoms with Gasteiger partial charge in [0.15, 0.2) is 22.3 Å². The molecule has 0 aromatic heterocycles. The van der Waals surface area contributed by atoms with Crippen LogP contribution in [-0.4, -0.2) is 19.1 Å². The number of hydrogen-bond donors (Lipinski definition) is 1. The molecule has 1 N–H and O–H groups in total. The summed E-state index contributed by atoms with van der Waals surface area (Å²) in [5, 5.41) is 0. The van der Waals surface area contributed by atoms with Gasteiger partial charge in [0.05, 0.1) is 0 Å². The molecule has 1 fully saturated rings. The highest BCUT2D eigenvalue weighted by atomic mass is 32.2. The first-order valence-electron chi connectivity index (χ1n) is 6.64. The highest BCUT2D eigenvalue weighted by Gasteiger charge is 2.35. The van der Waals surface area contributed by atoms with Crippen molar-refractivity contribution >= 4 is 10.1 Å². The van der Waals surface area contributed by atoms with Crippen molar-refractivity contribution in [2.45, 2.75) is 43.6 Å².